The molecule has 0 bridgehead atoms. The number of hydrogen-bond acceptors (Lipinski definition) is 8. The number of methoxy groups -OCH3 is 1. The molecule has 232 valence electrons. The largest absolute Gasteiger partial charge is 0.497 e. The average Bonchev–Trinajstić information content (AvgIpc) is 3.44. The monoisotopic (exact) mass is 614 g/mol. The lowest BCUT2D eigenvalue weighted by Gasteiger charge is -2.33. The Morgan fingerprint density at radius 1 is 1.21 bits per heavy atom. The van der Waals surface area contributed by atoms with Gasteiger partial charge in [0.2, 0.25) is 5.91 Å². The summed E-state index contributed by atoms with van der Waals surface area (Å²) in [6.45, 7) is 3.61. The van der Waals surface area contributed by atoms with E-state index in [1.54, 1.807) is 73.0 Å². The number of aromatic nitrogens is 2. The van der Waals surface area contributed by atoms with Gasteiger partial charge in [-0.1, -0.05) is 6.92 Å². The van der Waals surface area contributed by atoms with Crippen molar-refractivity contribution in [3.8, 4) is 11.5 Å². The van der Waals surface area contributed by atoms with Crippen molar-refractivity contribution in [2.45, 2.75) is 37.4 Å². The Labute approximate surface area is 251 Å². The number of sulfonamides is 1. The molecule has 1 aliphatic rings. The van der Waals surface area contributed by atoms with E-state index in [1.165, 1.54) is 23.9 Å². The fourth-order valence-corrected chi connectivity index (χ4v) is 5.87. The van der Waals surface area contributed by atoms with Gasteiger partial charge in [0.25, 0.3) is 10.0 Å². The third-order valence-corrected chi connectivity index (χ3v) is 9.02. The summed E-state index contributed by atoms with van der Waals surface area (Å²) in [6.07, 6.45) is 2.14. The van der Waals surface area contributed by atoms with Gasteiger partial charge in [-0.05, 0) is 49.4 Å². The molecule has 43 heavy (non-hydrogen) atoms. The number of aliphatic hydroxyl groups excluding tert-OH is 1. The number of urea groups is 1. The molecule has 3 atom stereocenters. The highest BCUT2D eigenvalue weighted by Crippen LogP contribution is 2.30. The second kappa shape index (κ2) is 13.4. The molecule has 3 aromatic rings. The van der Waals surface area contributed by atoms with Crippen LogP contribution in [0.5, 0.6) is 11.5 Å². The molecular weight excluding hydrogens is 576 g/mol. The number of benzene rings is 2. The van der Waals surface area contributed by atoms with Crippen molar-refractivity contribution in [1.82, 2.24) is 18.8 Å². The lowest BCUT2D eigenvalue weighted by atomic mass is 10.0. The van der Waals surface area contributed by atoms with E-state index in [-0.39, 0.29) is 43.0 Å². The minimum Gasteiger partial charge on any atom is -0.497 e. The summed E-state index contributed by atoms with van der Waals surface area (Å²) < 4.78 is 40.7. The number of aliphatic hydroxyl groups is 1. The van der Waals surface area contributed by atoms with E-state index in [4.69, 9.17) is 9.47 Å². The van der Waals surface area contributed by atoms with Gasteiger partial charge in [-0.3, -0.25) is 4.79 Å². The lowest BCUT2D eigenvalue weighted by molar-refractivity contribution is -0.134. The Morgan fingerprint density at radius 3 is 2.51 bits per heavy atom. The van der Waals surface area contributed by atoms with Crippen molar-refractivity contribution in [2.75, 3.05) is 44.5 Å². The first-order valence-corrected chi connectivity index (χ1v) is 15.2. The first kappa shape index (κ1) is 31.8. The van der Waals surface area contributed by atoms with Crippen LogP contribution in [0.4, 0.5) is 16.2 Å². The van der Waals surface area contributed by atoms with Crippen molar-refractivity contribution in [1.29, 1.82) is 0 Å². The number of fused-ring (bicyclic) bond motifs is 1. The molecule has 0 fully saturated rings. The number of ether oxygens (including phenoxy) is 2. The maximum absolute atomic E-state index is 13.5. The highest BCUT2D eigenvalue weighted by atomic mass is 32.2. The number of carbonyl (C=O) groups is 2. The standard InChI is InChI=1S/C29H38N6O7S/c1-19-14-35(20(2)17-36)28(37)13-21-12-23(32-29(38)31-22-6-9-24(41-5)10-7-22)8-11-25(21)42-26(19)15-34(4)43(39,40)27-16-33(3)18-30-27/h6-12,16,18-20,26,36H,13-15,17H2,1-5H3,(H2,31,32,38)/t19-,20-,26+/m0/s1. The Balaban J connectivity index is 1.59. The SMILES string of the molecule is COc1ccc(NC(=O)Nc2ccc3c(c2)CC(=O)N([C@@H](C)CO)C[C@H](C)[C@@H](CN(C)S(=O)(=O)c2cn(C)cn2)O3)cc1. The summed E-state index contributed by atoms with van der Waals surface area (Å²) in [5, 5.41) is 15.3. The van der Waals surface area contributed by atoms with Crippen LogP contribution in [0, 0.1) is 5.92 Å². The first-order valence-electron chi connectivity index (χ1n) is 13.8. The van der Waals surface area contributed by atoms with Gasteiger partial charge in [0.05, 0.1) is 39.1 Å². The summed E-state index contributed by atoms with van der Waals surface area (Å²) in [5.74, 6) is 0.519. The van der Waals surface area contributed by atoms with Crippen LogP contribution in [-0.4, -0.2) is 90.2 Å². The Bertz CT molecular complexity index is 1540. The van der Waals surface area contributed by atoms with Gasteiger partial charge in [0.1, 0.15) is 17.6 Å². The second-order valence-electron chi connectivity index (χ2n) is 10.7. The summed E-state index contributed by atoms with van der Waals surface area (Å²) in [7, 11) is 0.798. The van der Waals surface area contributed by atoms with Gasteiger partial charge in [-0.2, -0.15) is 4.31 Å². The summed E-state index contributed by atoms with van der Waals surface area (Å²) >= 11 is 0. The molecule has 0 unspecified atom stereocenters. The lowest BCUT2D eigenvalue weighted by Crippen LogP contribution is -2.48. The van der Waals surface area contributed by atoms with Crippen molar-refractivity contribution < 1.29 is 32.6 Å². The minimum absolute atomic E-state index is 0.0146. The van der Waals surface area contributed by atoms with Crippen LogP contribution in [0.3, 0.4) is 0 Å². The Hall–Kier alpha value is -4.14. The number of anilines is 2. The van der Waals surface area contributed by atoms with Gasteiger partial charge in [-0.25, -0.2) is 18.2 Å². The van der Waals surface area contributed by atoms with Gasteiger partial charge >= 0.3 is 6.03 Å². The van der Waals surface area contributed by atoms with E-state index in [9.17, 15) is 23.1 Å². The van der Waals surface area contributed by atoms with Crippen LogP contribution in [0.15, 0.2) is 60.0 Å². The van der Waals surface area contributed by atoms with Gasteiger partial charge in [0, 0.05) is 49.7 Å². The molecule has 0 radical (unpaired) electrons. The third kappa shape index (κ3) is 7.63. The quantitative estimate of drug-likeness (QED) is 0.332. The Morgan fingerprint density at radius 2 is 1.88 bits per heavy atom. The summed E-state index contributed by atoms with van der Waals surface area (Å²) in [4.78, 5) is 31.7. The molecular formula is C29H38N6O7S. The number of amides is 3. The molecule has 2 heterocycles. The van der Waals surface area contributed by atoms with E-state index in [1.807, 2.05) is 6.92 Å². The molecule has 0 saturated carbocycles. The maximum Gasteiger partial charge on any atom is 0.323 e. The number of aryl methyl sites for hydroxylation is 1. The molecule has 1 aliphatic heterocycles. The second-order valence-corrected chi connectivity index (χ2v) is 12.7. The highest BCUT2D eigenvalue weighted by Gasteiger charge is 2.34. The van der Waals surface area contributed by atoms with E-state index in [0.29, 0.717) is 28.4 Å². The molecule has 2 aromatic carbocycles. The number of likely N-dealkylation sites (N-methyl/N-ethyl adjacent to an activating group) is 1. The van der Waals surface area contributed by atoms with Crippen molar-refractivity contribution in [3.05, 3.63) is 60.6 Å². The number of hydrogen-bond donors (Lipinski definition) is 3. The van der Waals surface area contributed by atoms with Gasteiger partial charge in [0.15, 0.2) is 5.03 Å². The van der Waals surface area contributed by atoms with E-state index in [0.717, 1.165) is 0 Å². The van der Waals surface area contributed by atoms with E-state index >= 15 is 0 Å². The van der Waals surface area contributed by atoms with Crippen molar-refractivity contribution in [2.24, 2.45) is 13.0 Å². The van der Waals surface area contributed by atoms with Crippen LogP contribution in [0.2, 0.25) is 0 Å². The first-order chi connectivity index (χ1) is 20.4. The zero-order valence-electron chi connectivity index (χ0n) is 24.9. The summed E-state index contributed by atoms with van der Waals surface area (Å²) in [5.41, 5.74) is 1.51. The number of rotatable bonds is 9. The van der Waals surface area contributed by atoms with Gasteiger partial charge in [-0.15, -0.1) is 0 Å². The summed E-state index contributed by atoms with van der Waals surface area (Å²) in [6, 6.07) is 10.9. The fourth-order valence-electron chi connectivity index (χ4n) is 4.73. The van der Waals surface area contributed by atoms with Gasteiger partial charge < -0.3 is 34.7 Å². The highest BCUT2D eigenvalue weighted by molar-refractivity contribution is 7.89. The van der Waals surface area contributed by atoms with Crippen LogP contribution in [0.25, 0.3) is 0 Å². The number of nitrogens with zero attached hydrogens (tertiary/aromatic N) is 4. The molecule has 3 amide bonds. The normalized spacial score (nSPS) is 18.1. The van der Waals surface area contributed by atoms with Crippen molar-refractivity contribution in [3.63, 3.8) is 0 Å². The van der Waals surface area contributed by atoms with Crippen LogP contribution in [-0.2, 0) is 28.3 Å². The van der Waals surface area contributed by atoms with E-state index < -0.39 is 28.2 Å². The Kier molecular flexibility index (Phi) is 9.94. The predicted octanol–water partition coefficient (Wildman–Crippen LogP) is 2.54. The van der Waals surface area contributed by atoms with Crippen LogP contribution < -0.4 is 20.1 Å². The molecule has 0 spiro atoms. The molecule has 1 aromatic heterocycles. The molecule has 0 saturated heterocycles. The zero-order valence-corrected chi connectivity index (χ0v) is 25.7. The molecule has 13 nitrogen and oxygen atoms in total. The molecule has 0 aliphatic carbocycles. The van der Waals surface area contributed by atoms with E-state index in [2.05, 4.69) is 15.6 Å². The topological polar surface area (TPSA) is 155 Å². The number of imidazole rings is 1. The smallest absolute Gasteiger partial charge is 0.323 e. The third-order valence-electron chi connectivity index (χ3n) is 7.32. The maximum atomic E-state index is 13.5. The molecule has 3 N–H and O–H groups in total. The predicted molar refractivity (Wildman–Crippen MR) is 161 cm³/mol. The number of carbonyl (C=O) groups excluding carboxylic acids is 2. The van der Waals surface area contributed by atoms with Crippen LogP contribution in [0.1, 0.15) is 19.4 Å². The average molecular weight is 615 g/mol. The zero-order chi connectivity index (χ0) is 31.3. The number of nitrogens with one attached hydrogen (secondary N) is 2. The fraction of sp³-hybridized carbons (Fsp3) is 0.414. The molecule has 4 rings (SSSR count). The van der Waals surface area contributed by atoms with Crippen LogP contribution >= 0.6 is 0 Å². The molecule has 14 heteroatoms. The van der Waals surface area contributed by atoms with Crippen molar-refractivity contribution >= 4 is 33.3 Å². The minimum atomic E-state index is -3.90.